The molecule has 2 aromatic rings. The van der Waals surface area contributed by atoms with Crippen LogP contribution in [0.5, 0.6) is 0 Å². The lowest BCUT2D eigenvalue weighted by Crippen LogP contribution is -2.37. The van der Waals surface area contributed by atoms with Gasteiger partial charge in [-0.2, -0.15) is 0 Å². The largest absolute Gasteiger partial charge is 0.379 e. The van der Waals surface area contributed by atoms with Gasteiger partial charge in [0.1, 0.15) is 0 Å². The smallest absolute Gasteiger partial charge is 0.0637 e. The monoisotopic (exact) mass is 375 g/mol. The van der Waals surface area contributed by atoms with Gasteiger partial charge in [0.2, 0.25) is 0 Å². The lowest BCUT2D eigenvalue weighted by Gasteiger charge is -2.26. The van der Waals surface area contributed by atoms with Crippen molar-refractivity contribution in [3.8, 4) is 0 Å². The van der Waals surface area contributed by atoms with Gasteiger partial charge in [-0.1, -0.05) is 15.9 Å². The summed E-state index contributed by atoms with van der Waals surface area (Å²) in [7, 11) is 0. The molecule has 0 atom stereocenters. The molecule has 1 aliphatic carbocycles. The molecular formula is C18H22BrN3O. The molecule has 1 aromatic heterocycles. The molecule has 0 saturated carbocycles. The number of nitrogens with one attached hydrogen (secondary N) is 1. The highest BCUT2D eigenvalue weighted by atomic mass is 79.9. The highest BCUT2D eigenvalue weighted by Crippen LogP contribution is 2.31. The molecule has 4 rings (SSSR count). The maximum Gasteiger partial charge on any atom is 0.0637 e. The van der Waals surface area contributed by atoms with Crippen LogP contribution in [-0.4, -0.2) is 55.0 Å². The Morgan fingerprint density at radius 2 is 2.09 bits per heavy atom. The number of rotatable bonds is 3. The summed E-state index contributed by atoms with van der Waals surface area (Å²) >= 11 is 3.59. The predicted molar refractivity (Wildman–Crippen MR) is 97.6 cm³/mol. The van der Waals surface area contributed by atoms with Crippen molar-refractivity contribution in [2.75, 3.05) is 39.4 Å². The van der Waals surface area contributed by atoms with Gasteiger partial charge in [0.05, 0.1) is 31.2 Å². The van der Waals surface area contributed by atoms with Gasteiger partial charge in [-0.05, 0) is 43.0 Å². The number of H-pyrrole nitrogens is 1. The third-order valence-corrected chi connectivity index (χ3v) is 5.31. The van der Waals surface area contributed by atoms with Crippen LogP contribution in [0.4, 0.5) is 0 Å². The van der Waals surface area contributed by atoms with Gasteiger partial charge in [-0.25, -0.2) is 0 Å². The molecule has 1 aromatic carbocycles. The number of benzene rings is 1. The first-order valence-electron chi connectivity index (χ1n) is 8.45. The number of aromatic amines is 1. The number of fused-ring (bicyclic) bond motifs is 3. The van der Waals surface area contributed by atoms with E-state index in [0.717, 1.165) is 56.7 Å². The maximum atomic E-state index is 5.40. The van der Waals surface area contributed by atoms with E-state index in [-0.39, 0.29) is 0 Å². The standard InChI is InChI=1S/C18H22BrN3O/c19-13-4-5-16-15(12-13)14-2-1-3-17(18(14)21-16)20-6-7-22-8-10-23-11-9-22/h4-5,12,21H,1-3,6-11H2. The van der Waals surface area contributed by atoms with Gasteiger partial charge in [-0.15, -0.1) is 0 Å². The Hall–Kier alpha value is -1.17. The number of hydrogen-bond acceptors (Lipinski definition) is 3. The van der Waals surface area contributed by atoms with Crippen molar-refractivity contribution in [3.05, 3.63) is 33.9 Å². The van der Waals surface area contributed by atoms with E-state index in [0.29, 0.717) is 0 Å². The first-order valence-corrected chi connectivity index (χ1v) is 9.24. The van der Waals surface area contributed by atoms with Crippen LogP contribution in [0.15, 0.2) is 27.7 Å². The van der Waals surface area contributed by atoms with Crippen molar-refractivity contribution in [1.82, 2.24) is 9.88 Å². The van der Waals surface area contributed by atoms with Crippen LogP contribution in [-0.2, 0) is 11.2 Å². The number of ether oxygens (including phenoxy) is 1. The minimum Gasteiger partial charge on any atom is -0.379 e. The van der Waals surface area contributed by atoms with Crippen molar-refractivity contribution < 1.29 is 4.74 Å². The summed E-state index contributed by atoms with van der Waals surface area (Å²) in [5, 5.41) is 1.34. The van der Waals surface area contributed by atoms with Gasteiger partial charge < -0.3 is 9.72 Å². The Morgan fingerprint density at radius 1 is 1.22 bits per heavy atom. The van der Waals surface area contributed by atoms with Crippen LogP contribution in [0.25, 0.3) is 10.9 Å². The van der Waals surface area contributed by atoms with Crippen molar-refractivity contribution in [3.63, 3.8) is 0 Å². The molecule has 1 saturated heterocycles. The molecule has 0 unspecified atom stereocenters. The van der Waals surface area contributed by atoms with E-state index in [2.05, 4.69) is 44.0 Å². The second kappa shape index (κ2) is 6.75. The molecule has 1 fully saturated rings. The number of nitrogens with zero attached hydrogens (tertiary/aromatic N) is 2. The zero-order valence-electron chi connectivity index (χ0n) is 13.3. The van der Waals surface area contributed by atoms with Gasteiger partial charge in [0.25, 0.3) is 0 Å². The lowest BCUT2D eigenvalue weighted by molar-refractivity contribution is 0.0394. The van der Waals surface area contributed by atoms with Crippen molar-refractivity contribution >= 4 is 32.5 Å². The molecule has 0 radical (unpaired) electrons. The third-order valence-electron chi connectivity index (χ3n) is 4.82. The molecule has 5 heteroatoms. The molecule has 23 heavy (non-hydrogen) atoms. The SMILES string of the molecule is Brc1ccc2[nH]c3c(c2c1)CCCC3=NCCN1CCOCC1. The Bertz CT molecular complexity index is 731. The zero-order chi connectivity index (χ0) is 15.6. The van der Waals surface area contributed by atoms with Crippen molar-refractivity contribution in [2.45, 2.75) is 19.3 Å². The van der Waals surface area contributed by atoms with Gasteiger partial charge in [-0.3, -0.25) is 9.89 Å². The number of aryl methyl sites for hydroxylation is 1. The van der Waals surface area contributed by atoms with E-state index in [4.69, 9.17) is 9.73 Å². The predicted octanol–water partition coefficient (Wildman–Crippen LogP) is 3.39. The minimum absolute atomic E-state index is 0.859. The van der Waals surface area contributed by atoms with Crippen LogP contribution in [0.3, 0.4) is 0 Å². The van der Waals surface area contributed by atoms with Crippen LogP contribution < -0.4 is 0 Å². The molecule has 122 valence electrons. The average molecular weight is 376 g/mol. The summed E-state index contributed by atoms with van der Waals surface area (Å²) in [6, 6.07) is 6.48. The fraction of sp³-hybridized carbons (Fsp3) is 0.500. The van der Waals surface area contributed by atoms with E-state index in [1.165, 1.54) is 34.3 Å². The Morgan fingerprint density at radius 3 is 2.96 bits per heavy atom. The number of halogens is 1. The summed E-state index contributed by atoms with van der Waals surface area (Å²) in [5.41, 5.74) is 5.19. The molecule has 2 aliphatic rings. The molecule has 0 amide bonds. The van der Waals surface area contributed by atoms with Crippen molar-refractivity contribution in [2.24, 2.45) is 4.99 Å². The van der Waals surface area contributed by atoms with Crippen LogP contribution in [0.1, 0.15) is 24.1 Å². The number of morpholine rings is 1. The fourth-order valence-electron chi connectivity index (χ4n) is 3.59. The second-order valence-electron chi connectivity index (χ2n) is 6.30. The average Bonchev–Trinajstić information content (AvgIpc) is 2.95. The van der Waals surface area contributed by atoms with Crippen LogP contribution in [0.2, 0.25) is 0 Å². The highest BCUT2D eigenvalue weighted by Gasteiger charge is 2.20. The van der Waals surface area contributed by atoms with Gasteiger partial charge in [0, 0.05) is 35.0 Å². The molecule has 0 spiro atoms. The first kappa shape index (κ1) is 15.4. The van der Waals surface area contributed by atoms with E-state index in [9.17, 15) is 0 Å². The molecule has 2 heterocycles. The summed E-state index contributed by atoms with van der Waals surface area (Å²) in [4.78, 5) is 11.0. The first-order chi connectivity index (χ1) is 11.3. The Kier molecular flexibility index (Phi) is 4.51. The second-order valence-corrected chi connectivity index (χ2v) is 7.22. The van der Waals surface area contributed by atoms with Crippen LogP contribution in [0, 0.1) is 0 Å². The van der Waals surface area contributed by atoms with E-state index < -0.39 is 0 Å². The minimum atomic E-state index is 0.859. The summed E-state index contributed by atoms with van der Waals surface area (Å²) in [6.45, 7) is 5.71. The molecule has 1 N–H and O–H groups in total. The molecule has 1 aliphatic heterocycles. The van der Waals surface area contributed by atoms with Gasteiger partial charge >= 0.3 is 0 Å². The topological polar surface area (TPSA) is 40.6 Å². The fourth-order valence-corrected chi connectivity index (χ4v) is 3.95. The van der Waals surface area contributed by atoms with E-state index in [1.807, 2.05) is 0 Å². The van der Waals surface area contributed by atoms with Crippen LogP contribution >= 0.6 is 15.9 Å². The summed E-state index contributed by atoms with van der Waals surface area (Å²) in [6.07, 6.45) is 3.43. The Labute approximate surface area is 145 Å². The van der Waals surface area contributed by atoms with E-state index in [1.54, 1.807) is 0 Å². The highest BCUT2D eigenvalue weighted by molar-refractivity contribution is 9.10. The summed E-state index contributed by atoms with van der Waals surface area (Å²) < 4.78 is 6.54. The number of aliphatic imine (C=N–C) groups is 1. The summed E-state index contributed by atoms with van der Waals surface area (Å²) in [5.74, 6) is 0. The number of aromatic nitrogens is 1. The normalized spacial score (nSPS) is 21.0. The maximum absolute atomic E-state index is 5.40. The van der Waals surface area contributed by atoms with Crippen molar-refractivity contribution in [1.29, 1.82) is 0 Å². The number of hydrogen-bond donors (Lipinski definition) is 1. The molecule has 0 bridgehead atoms. The molecule has 4 nitrogen and oxygen atoms in total. The quantitative estimate of drug-likeness (QED) is 0.892. The lowest BCUT2D eigenvalue weighted by atomic mass is 9.94. The van der Waals surface area contributed by atoms with E-state index >= 15 is 0 Å². The van der Waals surface area contributed by atoms with Gasteiger partial charge in [0.15, 0.2) is 0 Å². The zero-order valence-corrected chi connectivity index (χ0v) is 14.9. The molecular weight excluding hydrogens is 354 g/mol. The third kappa shape index (κ3) is 3.23. The Balaban J connectivity index is 1.55.